The second-order valence-corrected chi connectivity index (χ2v) is 9.98. The molecular formula is C22H24ClO2S-. The van der Waals surface area contributed by atoms with Crippen LogP contribution in [0.5, 0.6) is 0 Å². The summed E-state index contributed by atoms with van der Waals surface area (Å²) in [6, 6.07) is 9.65. The third kappa shape index (κ3) is 3.52. The average molecular weight is 388 g/mol. The molecule has 0 heterocycles. The number of hydrogen-bond acceptors (Lipinski definition) is 3. The van der Waals surface area contributed by atoms with Crippen LogP contribution in [0.15, 0.2) is 40.1 Å². The van der Waals surface area contributed by atoms with Crippen LogP contribution >= 0.6 is 23.4 Å². The van der Waals surface area contributed by atoms with E-state index in [4.69, 9.17) is 11.6 Å². The second-order valence-electron chi connectivity index (χ2n) is 8.46. The smallest absolute Gasteiger partial charge is 0.0730 e. The Morgan fingerprint density at radius 1 is 1.04 bits per heavy atom. The van der Waals surface area contributed by atoms with E-state index < -0.39 is 5.97 Å². The van der Waals surface area contributed by atoms with E-state index in [1.54, 1.807) is 23.9 Å². The van der Waals surface area contributed by atoms with Crippen molar-refractivity contribution in [2.24, 2.45) is 0 Å². The van der Waals surface area contributed by atoms with Gasteiger partial charge in [-0.15, -0.1) is 0 Å². The standard InChI is InChI=1S/C22H25ClO2S/c1-13-10-16-17(22(4,5)9-8-21(16,2)3)12-19(13)26-14-6-7-15(20(24)25)18(23)11-14/h6-7,10-12H,8-9H2,1-5H3,(H,24,25)/p-1. The van der Waals surface area contributed by atoms with Crippen LogP contribution in [0.1, 0.15) is 67.6 Å². The summed E-state index contributed by atoms with van der Waals surface area (Å²) in [4.78, 5) is 13.1. The highest BCUT2D eigenvalue weighted by Crippen LogP contribution is 2.48. The van der Waals surface area contributed by atoms with Crippen molar-refractivity contribution in [3.63, 3.8) is 0 Å². The van der Waals surface area contributed by atoms with Gasteiger partial charge in [0, 0.05) is 15.4 Å². The van der Waals surface area contributed by atoms with Gasteiger partial charge in [0.2, 0.25) is 0 Å². The lowest BCUT2D eigenvalue weighted by molar-refractivity contribution is -0.255. The molecule has 2 aromatic rings. The van der Waals surface area contributed by atoms with E-state index in [0.29, 0.717) is 0 Å². The van der Waals surface area contributed by atoms with Gasteiger partial charge in [0.15, 0.2) is 0 Å². The molecule has 0 radical (unpaired) electrons. The largest absolute Gasteiger partial charge is 0.545 e. The van der Waals surface area contributed by atoms with Crippen LogP contribution < -0.4 is 5.11 Å². The number of fused-ring (bicyclic) bond motifs is 1. The predicted molar refractivity (Wildman–Crippen MR) is 106 cm³/mol. The van der Waals surface area contributed by atoms with Crippen molar-refractivity contribution in [3.8, 4) is 0 Å². The minimum atomic E-state index is -1.25. The Kier molecular flexibility index (Phi) is 4.91. The highest BCUT2D eigenvalue weighted by Gasteiger charge is 2.37. The predicted octanol–water partition coefficient (Wildman–Crippen LogP) is 5.51. The molecule has 1 aliphatic carbocycles. The zero-order chi connectivity index (χ0) is 19.3. The number of carbonyl (C=O) groups excluding carboxylic acids is 1. The number of hydrogen-bond donors (Lipinski definition) is 0. The van der Waals surface area contributed by atoms with Crippen molar-refractivity contribution >= 4 is 29.3 Å². The second kappa shape index (κ2) is 6.61. The van der Waals surface area contributed by atoms with Crippen molar-refractivity contribution in [3.05, 3.63) is 57.6 Å². The topological polar surface area (TPSA) is 40.1 Å². The van der Waals surface area contributed by atoms with Gasteiger partial charge in [0.1, 0.15) is 0 Å². The number of rotatable bonds is 3. The molecule has 0 spiro atoms. The molecule has 2 aromatic carbocycles. The van der Waals surface area contributed by atoms with E-state index in [-0.39, 0.29) is 21.4 Å². The molecule has 0 amide bonds. The Bertz CT molecular complexity index is 884. The van der Waals surface area contributed by atoms with Gasteiger partial charge in [-0.05, 0) is 65.5 Å². The van der Waals surface area contributed by atoms with Gasteiger partial charge in [0.25, 0.3) is 0 Å². The van der Waals surface area contributed by atoms with Crippen molar-refractivity contribution in [2.75, 3.05) is 0 Å². The minimum absolute atomic E-state index is 0.0288. The fraction of sp³-hybridized carbons (Fsp3) is 0.409. The summed E-state index contributed by atoms with van der Waals surface area (Å²) < 4.78 is 0. The van der Waals surface area contributed by atoms with Crippen molar-refractivity contribution < 1.29 is 9.90 Å². The fourth-order valence-corrected chi connectivity index (χ4v) is 4.95. The van der Waals surface area contributed by atoms with Gasteiger partial charge >= 0.3 is 0 Å². The van der Waals surface area contributed by atoms with Crippen LogP contribution in [0.25, 0.3) is 0 Å². The van der Waals surface area contributed by atoms with E-state index >= 15 is 0 Å². The molecule has 0 fully saturated rings. The zero-order valence-electron chi connectivity index (χ0n) is 15.9. The van der Waals surface area contributed by atoms with Gasteiger partial charge in [-0.2, -0.15) is 0 Å². The number of carboxylic acids is 1. The maximum Gasteiger partial charge on any atom is 0.0730 e. The molecule has 26 heavy (non-hydrogen) atoms. The van der Waals surface area contributed by atoms with Gasteiger partial charge in [-0.1, -0.05) is 63.2 Å². The van der Waals surface area contributed by atoms with Crippen LogP contribution in [0, 0.1) is 6.92 Å². The Hall–Kier alpha value is -1.45. The number of halogens is 1. The molecule has 1 aliphatic rings. The van der Waals surface area contributed by atoms with Crippen LogP contribution in [0.2, 0.25) is 5.02 Å². The van der Waals surface area contributed by atoms with Gasteiger partial charge in [0.05, 0.1) is 11.0 Å². The molecule has 0 aliphatic heterocycles. The van der Waals surface area contributed by atoms with Gasteiger partial charge in [-0.3, -0.25) is 0 Å². The first-order valence-electron chi connectivity index (χ1n) is 8.86. The highest BCUT2D eigenvalue weighted by molar-refractivity contribution is 7.99. The third-order valence-electron chi connectivity index (χ3n) is 5.54. The quantitative estimate of drug-likeness (QED) is 0.696. The molecule has 0 saturated heterocycles. The summed E-state index contributed by atoms with van der Waals surface area (Å²) in [7, 11) is 0. The molecule has 0 aromatic heterocycles. The molecule has 0 unspecified atom stereocenters. The number of aromatic carboxylic acids is 1. The average Bonchev–Trinajstić information content (AvgIpc) is 2.53. The summed E-state index contributed by atoms with van der Waals surface area (Å²) in [5, 5.41) is 11.3. The number of carboxylic acid groups (broad SMARTS) is 1. The van der Waals surface area contributed by atoms with Crippen LogP contribution in [-0.2, 0) is 10.8 Å². The fourth-order valence-electron chi connectivity index (χ4n) is 3.66. The van der Waals surface area contributed by atoms with E-state index in [9.17, 15) is 9.90 Å². The molecule has 0 saturated carbocycles. The molecular weight excluding hydrogens is 364 g/mol. The maximum absolute atomic E-state index is 11.0. The molecule has 0 atom stereocenters. The first-order valence-corrected chi connectivity index (χ1v) is 10.0. The maximum atomic E-state index is 11.0. The monoisotopic (exact) mass is 387 g/mol. The van der Waals surface area contributed by atoms with E-state index in [1.165, 1.54) is 40.5 Å². The summed E-state index contributed by atoms with van der Waals surface area (Å²) in [6.45, 7) is 11.4. The van der Waals surface area contributed by atoms with Gasteiger partial charge < -0.3 is 9.90 Å². The first kappa shape index (κ1) is 19.3. The van der Waals surface area contributed by atoms with Crippen LogP contribution in [0.3, 0.4) is 0 Å². The third-order valence-corrected chi connectivity index (χ3v) is 7.00. The van der Waals surface area contributed by atoms with E-state index in [2.05, 4.69) is 46.8 Å². The number of aryl methyl sites for hydroxylation is 1. The molecule has 0 N–H and O–H groups in total. The van der Waals surface area contributed by atoms with Gasteiger partial charge in [-0.25, -0.2) is 0 Å². The Balaban J connectivity index is 2.02. The van der Waals surface area contributed by atoms with Crippen LogP contribution in [0.4, 0.5) is 0 Å². The Morgan fingerprint density at radius 2 is 1.62 bits per heavy atom. The highest BCUT2D eigenvalue weighted by atomic mass is 35.5. The molecule has 138 valence electrons. The summed E-state index contributed by atoms with van der Waals surface area (Å²) in [5.41, 5.74) is 4.48. The molecule has 4 heteroatoms. The van der Waals surface area contributed by atoms with Crippen molar-refractivity contribution in [1.29, 1.82) is 0 Å². The lowest BCUT2D eigenvalue weighted by Crippen LogP contribution is -2.34. The lowest BCUT2D eigenvalue weighted by Gasteiger charge is -2.42. The Labute approximate surface area is 165 Å². The SMILES string of the molecule is Cc1cc2c(cc1Sc1ccc(C(=O)[O-])c(Cl)c1)C(C)(C)CCC2(C)C. The van der Waals surface area contributed by atoms with E-state index in [0.717, 1.165) is 4.90 Å². The van der Waals surface area contributed by atoms with Crippen LogP contribution in [-0.4, -0.2) is 5.97 Å². The van der Waals surface area contributed by atoms with E-state index in [1.807, 2.05) is 0 Å². The van der Waals surface area contributed by atoms with Crippen molar-refractivity contribution in [1.82, 2.24) is 0 Å². The number of carbonyl (C=O) groups is 1. The minimum Gasteiger partial charge on any atom is -0.545 e. The summed E-state index contributed by atoms with van der Waals surface area (Å²) in [5.74, 6) is -1.25. The molecule has 0 bridgehead atoms. The molecule has 3 rings (SSSR count). The summed E-state index contributed by atoms with van der Waals surface area (Å²) >= 11 is 7.72. The molecule has 2 nitrogen and oxygen atoms in total. The first-order chi connectivity index (χ1) is 12.0. The Morgan fingerprint density at radius 3 is 2.15 bits per heavy atom. The summed E-state index contributed by atoms with van der Waals surface area (Å²) in [6.07, 6.45) is 2.37. The normalized spacial score (nSPS) is 17.6. The zero-order valence-corrected chi connectivity index (χ0v) is 17.5. The van der Waals surface area contributed by atoms with Crippen molar-refractivity contribution in [2.45, 2.75) is 68.1 Å². The number of benzene rings is 2. The lowest BCUT2D eigenvalue weighted by atomic mass is 9.63.